The van der Waals surface area contributed by atoms with Gasteiger partial charge in [0, 0.05) is 24.2 Å². The summed E-state index contributed by atoms with van der Waals surface area (Å²) in [7, 11) is 1.38. The summed E-state index contributed by atoms with van der Waals surface area (Å²) in [5, 5.41) is 26.1. The first-order valence-corrected chi connectivity index (χ1v) is 10.2. The van der Waals surface area contributed by atoms with Gasteiger partial charge in [-0.05, 0) is 37.3 Å². The maximum Gasteiger partial charge on any atom is 0.324 e. The molecule has 2 aromatic carbocycles. The van der Waals surface area contributed by atoms with Gasteiger partial charge in [-0.2, -0.15) is 0 Å². The molecule has 172 valence electrons. The molecule has 4 atom stereocenters. The van der Waals surface area contributed by atoms with Crippen LogP contribution in [-0.2, 0) is 19.2 Å². The molecule has 2 aromatic rings. The van der Waals surface area contributed by atoms with E-state index in [1.807, 2.05) is 0 Å². The zero-order valence-electron chi connectivity index (χ0n) is 18.2. The van der Waals surface area contributed by atoms with Gasteiger partial charge >= 0.3 is 5.97 Å². The second-order valence-corrected chi connectivity index (χ2v) is 8.27. The molecule has 2 saturated heterocycles. The van der Waals surface area contributed by atoms with Gasteiger partial charge in [-0.1, -0.05) is 12.1 Å². The standard InChI is InChI=1S/C23H23N3O7/c1-11(27)24-12-7-9-13(10-8-12)26-20(29)16-17(21(26)30)23(2,22(31)32)25-18(16)14-5-4-6-15(33-3)19(14)28/h4-10,16-18,25,28H,1-3H3,(H,24,27)(H,31,32)/t16-,17+,18-,23-/m1/s1. The minimum Gasteiger partial charge on any atom is -0.504 e. The van der Waals surface area contributed by atoms with E-state index >= 15 is 0 Å². The third-order valence-corrected chi connectivity index (χ3v) is 6.26. The summed E-state index contributed by atoms with van der Waals surface area (Å²) >= 11 is 0. The van der Waals surface area contributed by atoms with Crippen LogP contribution in [-0.4, -0.2) is 46.6 Å². The van der Waals surface area contributed by atoms with E-state index in [1.165, 1.54) is 39.2 Å². The number of para-hydroxylation sites is 1. The Balaban J connectivity index is 1.78. The number of fused-ring (bicyclic) bond motifs is 1. The highest BCUT2D eigenvalue weighted by Gasteiger charge is 2.67. The highest BCUT2D eigenvalue weighted by Crippen LogP contribution is 2.51. The van der Waals surface area contributed by atoms with Crippen LogP contribution in [0.3, 0.4) is 0 Å². The summed E-state index contributed by atoms with van der Waals surface area (Å²) in [5.41, 5.74) is -0.738. The number of phenols is 1. The van der Waals surface area contributed by atoms with E-state index in [1.54, 1.807) is 24.3 Å². The number of aromatic hydroxyl groups is 1. The van der Waals surface area contributed by atoms with Crippen molar-refractivity contribution in [2.24, 2.45) is 11.8 Å². The van der Waals surface area contributed by atoms with Gasteiger partial charge in [-0.3, -0.25) is 24.5 Å². The number of ether oxygens (including phenoxy) is 1. The van der Waals surface area contributed by atoms with Gasteiger partial charge in [0.2, 0.25) is 17.7 Å². The number of carboxylic acids is 1. The number of anilines is 2. The number of imide groups is 1. The minimum absolute atomic E-state index is 0.164. The predicted molar refractivity (Wildman–Crippen MR) is 117 cm³/mol. The first kappa shape index (κ1) is 22.3. The molecule has 0 spiro atoms. The second kappa shape index (κ2) is 7.89. The van der Waals surface area contributed by atoms with E-state index in [2.05, 4.69) is 10.6 Å². The van der Waals surface area contributed by atoms with Crippen LogP contribution in [0.2, 0.25) is 0 Å². The molecule has 2 aliphatic rings. The third-order valence-electron chi connectivity index (χ3n) is 6.26. The SMILES string of the molecule is COc1cccc([C@H]2N[C@@](C)(C(=O)O)[C@@H]3C(=O)N(c4ccc(NC(C)=O)cc4)C(=O)[C@@H]23)c1O. The molecule has 2 fully saturated rings. The summed E-state index contributed by atoms with van der Waals surface area (Å²) in [4.78, 5) is 51.4. The Labute approximate surface area is 189 Å². The van der Waals surface area contributed by atoms with Gasteiger partial charge in [0.1, 0.15) is 5.54 Å². The Kier molecular flexibility index (Phi) is 5.33. The highest BCUT2D eigenvalue weighted by molar-refractivity contribution is 6.24. The van der Waals surface area contributed by atoms with Gasteiger partial charge < -0.3 is 20.3 Å². The number of aliphatic carboxylic acids is 1. The third kappa shape index (κ3) is 3.39. The molecule has 0 radical (unpaired) electrons. The quantitative estimate of drug-likeness (QED) is 0.500. The zero-order valence-corrected chi connectivity index (χ0v) is 18.2. The van der Waals surface area contributed by atoms with Crippen LogP contribution in [0.1, 0.15) is 25.5 Å². The van der Waals surface area contributed by atoms with Crippen LogP contribution in [0.15, 0.2) is 42.5 Å². The van der Waals surface area contributed by atoms with Crippen LogP contribution < -0.4 is 20.3 Å². The molecular formula is C23H23N3O7. The van der Waals surface area contributed by atoms with E-state index in [0.29, 0.717) is 5.69 Å². The van der Waals surface area contributed by atoms with Crippen molar-refractivity contribution in [1.82, 2.24) is 5.32 Å². The lowest BCUT2D eigenvalue weighted by atomic mass is 9.80. The fraction of sp³-hybridized carbons (Fsp3) is 0.304. The lowest BCUT2D eigenvalue weighted by molar-refractivity contribution is -0.147. The van der Waals surface area contributed by atoms with Gasteiger partial charge in [-0.25, -0.2) is 4.90 Å². The zero-order chi connectivity index (χ0) is 24.1. The molecule has 10 heteroatoms. The molecule has 4 rings (SSSR count). The summed E-state index contributed by atoms with van der Waals surface area (Å²) in [6.07, 6.45) is 0. The number of phenolic OH excluding ortho intramolecular Hbond substituents is 1. The summed E-state index contributed by atoms with van der Waals surface area (Å²) < 4.78 is 5.15. The number of hydrogen-bond acceptors (Lipinski definition) is 7. The van der Waals surface area contributed by atoms with Gasteiger partial charge in [0.05, 0.1) is 24.6 Å². The molecule has 4 N–H and O–H groups in total. The maximum atomic E-state index is 13.5. The number of methoxy groups -OCH3 is 1. The van der Waals surface area contributed by atoms with Crippen LogP contribution in [0.5, 0.6) is 11.5 Å². The van der Waals surface area contributed by atoms with Crippen molar-refractivity contribution in [3.05, 3.63) is 48.0 Å². The van der Waals surface area contributed by atoms with E-state index in [0.717, 1.165) is 4.90 Å². The summed E-state index contributed by atoms with van der Waals surface area (Å²) in [5.74, 6) is -5.12. The average Bonchev–Trinajstić information content (AvgIpc) is 3.22. The number of nitrogens with zero attached hydrogens (tertiary/aromatic N) is 1. The molecule has 2 heterocycles. The van der Waals surface area contributed by atoms with Crippen LogP contribution in [0.4, 0.5) is 11.4 Å². The van der Waals surface area contributed by atoms with E-state index in [-0.39, 0.29) is 28.7 Å². The predicted octanol–water partition coefficient (Wildman–Crippen LogP) is 1.65. The number of nitrogens with one attached hydrogen (secondary N) is 2. The van der Waals surface area contributed by atoms with Crippen molar-refractivity contribution in [2.45, 2.75) is 25.4 Å². The van der Waals surface area contributed by atoms with Gasteiger partial charge in [-0.15, -0.1) is 0 Å². The van der Waals surface area contributed by atoms with Crippen molar-refractivity contribution in [3.63, 3.8) is 0 Å². The smallest absolute Gasteiger partial charge is 0.324 e. The number of amides is 3. The Morgan fingerprint density at radius 3 is 2.36 bits per heavy atom. The molecule has 0 unspecified atom stereocenters. The Bertz CT molecular complexity index is 1160. The molecule has 0 bridgehead atoms. The molecule has 2 aliphatic heterocycles. The molecule has 0 aromatic heterocycles. The average molecular weight is 453 g/mol. The summed E-state index contributed by atoms with van der Waals surface area (Å²) in [6.45, 7) is 2.72. The second-order valence-electron chi connectivity index (χ2n) is 8.27. The van der Waals surface area contributed by atoms with Crippen LogP contribution in [0.25, 0.3) is 0 Å². The number of carboxylic acid groups (broad SMARTS) is 1. The Hall–Kier alpha value is -3.92. The lowest BCUT2D eigenvalue weighted by Crippen LogP contribution is -2.53. The number of carbonyl (C=O) groups excluding carboxylic acids is 3. The number of carbonyl (C=O) groups is 4. The molecule has 10 nitrogen and oxygen atoms in total. The fourth-order valence-corrected chi connectivity index (χ4v) is 4.71. The van der Waals surface area contributed by atoms with E-state index < -0.39 is 41.2 Å². The minimum atomic E-state index is -1.75. The van der Waals surface area contributed by atoms with E-state index in [9.17, 15) is 29.4 Å². The Morgan fingerprint density at radius 1 is 1.12 bits per heavy atom. The topological polar surface area (TPSA) is 145 Å². The lowest BCUT2D eigenvalue weighted by Gasteiger charge is -2.27. The molecule has 0 saturated carbocycles. The van der Waals surface area contributed by atoms with Crippen molar-refractivity contribution in [3.8, 4) is 11.5 Å². The maximum absolute atomic E-state index is 13.5. The summed E-state index contributed by atoms with van der Waals surface area (Å²) in [6, 6.07) is 9.87. The first-order valence-electron chi connectivity index (χ1n) is 10.2. The van der Waals surface area contributed by atoms with Gasteiger partial charge in [0.25, 0.3) is 0 Å². The monoisotopic (exact) mass is 453 g/mol. The molecule has 33 heavy (non-hydrogen) atoms. The number of hydrogen-bond donors (Lipinski definition) is 4. The van der Waals surface area contributed by atoms with Crippen molar-refractivity contribution in [1.29, 1.82) is 0 Å². The normalized spacial score (nSPS) is 26.3. The van der Waals surface area contributed by atoms with Crippen molar-refractivity contribution >= 4 is 35.1 Å². The number of benzene rings is 2. The molecule has 0 aliphatic carbocycles. The largest absolute Gasteiger partial charge is 0.504 e. The van der Waals surface area contributed by atoms with Crippen LogP contribution in [0, 0.1) is 11.8 Å². The van der Waals surface area contributed by atoms with Crippen molar-refractivity contribution < 1.29 is 34.1 Å². The molecule has 3 amide bonds. The van der Waals surface area contributed by atoms with Gasteiger partial charge in [0.15, 0.2) is 11.5 Å². The highest BCUT2D eigenvalue weighted by atomic mass is 16.5. The molecular weight excluding hydrogens is 430 g/mol. The van der Waals surface area contributed by atoms with Crippen molar-refractivity contribution in [2.75, 3.05) is 17.3 Å². The van der Waals surface area contributed by atoms with Crippen LogP contribution >= 0.6 is 0 Å². The fourth-order valence-electron chi connectivity index (χ4n) is 4.71. The van der Waals surface area contributed by atoms with E-state index in [4.69, 9.17) is 4.74 Å². The Morgan fingerprint density at radius 2 is 1.79 bits per heavy atom. The number of rotatable bonds is 5. The first-order chi connectivity index (χ1) is 15.6.